The molecule has 1 N–H and O–H groups in total. The maximum absolute atomic E-state index is 13.2. The molecular weight excluding hydrogens is 418 g/mol. The molecule has 0 saturated heterocycles. The van der Waals surface area contributed by atoms with Crippen LogP contribution in [-0.4, -0.2) is 30.9 Å². The Morgan fingerprint density at radius 3 is 1.75 bits per heavy atom. The molecule has 0 atom stereocenters. The van der Waals surface area contributed by atoms with Gasteiger partial charge in [-0.3, -0.25) is 0 Å². The fourth-order valence-corrected chi connectivity index (χ4v) is 6.00. The van der Waals surface area contributed by atoms with Crippen molar-refractivity contribution in [1.29, 1.82) is 0 Å². The molecule has 4 nitrogen and oxygen atoms in total. The van der Waals surface area contributed by atoms with E-state index in [2.05, 4.69) is 53.7 Å². The lowest BCUT2D eigenvalue weighted by atomic mass is 9.82. The van der Waals surface area contributed by atoms with E-state index in [1.807, 2.05) is 19.9 Å². The molecule has 0 bridgehead atoms. The van der Waals surface area contributed by atoms with Crippen molar-refractivity contribution in [3.05, 3.63) is 57.6 Å². The Morgan fingerprint density at radius 2 is 1.34 bits per heavy atom. The van der Waals surface area contributed by atoms with E-state index < -0.39 is 10.0 Å². The number of benzene rings is 2. The van der Waals surface area contributed by atoms with Gasteiger partial charge in [-0.05, 0) is 70.5 Å². The number of phenols is 1. The number of aryl methyl sites for hydroxylation is 1. The second-order valence-corrected chi connectivity index (χ2v) is 11.6. The van der Waals surface area contributed by atoms with Crippen LogP contribution in [0.2, 0.25) is 0 Å². The lowest BCUT2D eigenvalue weighted by molar-refractivity contribution is 0.427. The van der Waals surface area contributed by atoms with E-state index in [1.54, 1.807) is 13.0 Å². The number of hydrogen-bond acceptors (Lipinski definition) is 3. The van der Waals surface area contributed by atoms with Gasteiger partial charge in [-0.15, -0.1) is 0 Å². The third kappa shape index (κ3) is 5.37. The summed E-state index contributed by atoms with van der Waals surface area (Å²) >= 11 is 0. The van der Waals surface area contributed by atoms with Gasteiger partial charge in [0.25, 0.3) is 0 Å². The van der Waals surface area contributed by atoms with E-state index in [9.17, 15) is 13.5 Å². The minimum Gasteiger partial charge on any atom is -0.506 e. The van der Waals surface area contributed by atoms with Crippen LogP contribution < -0.4 is 0 Å². The van der Waals surface area contributed by atoms with E-state index in [4.69, 9.17) is 0 Å². The first-order valence-electron chi connectivity index (χ1n) is 11.8. The average Bonchev–Trinajstić information content (AvgIpc) is 2.70. The van der Waals surface area contributed by atoms with Crippen LogP contribution in [0.1, 0.15) is 107 Å². The monoisotopic (exact) mass is 459 g/mol. The summed E-state index contributed by atoms with van der Waals surface area (Å²) in [7, 11) is -3.76. The lowest BCUT2D eigenvalue weighted by Crippen LogP contribution is -2.30. The molecule has 0 unspecified atom stereocenters. The number of rotatable bonds is 9. The van der Waals surface area contributed by atoms with Gasteiger partial charge in [-0.1, -0.05) is 73.6 Å². The van der Waals surface area contributed by atoms with Crippen LogP contribution in [-0.2, 0) is 16.4 Å². The molecule has 0 aromatic heterocycles. The van der Waals surface area contributed by atoms with Crippen LogP contribution in [0.4, 0.5) is 0 Å². The van der Waals surface area contributed by atoms with Crippen LogP contribution in [0.25, 0.3) is 0 Å². The molecule has 0 amide bonds. The summed E-state index contributed by atoms with van der Waals surface area (Å²) in [5.41, 5.74) is 6.75. The van der Waals surface area contributed by atoms with E-state index in [0.717, 1.165) is 5.56 Å². The highest BCUT2D eigenvalue weighted by Crippen LogP contribution is 2.36. The second kappa shape index (κ2) is 10.4. The smallest absolute Gasteiger partial charge is 0.246 e. The van der Waals surface area contributed by atoms with Crippen molar-refractivity contribution in [2.45, 2.75) is 91.4 Å². The molecule has 0 aliphatic carbocycles. The van der Waals surface area contributed by atoms with Crippen LogP contribution >= 0.6 is 0 Å². The van der Waals surface area contributed by atoms with Crippen LogP contribution in [0, 0.1) is 6.92 Å². The molecule has 0 radical (unpaired) electrons. The highest BCUT2D eigenvalue weighted by Gasteiger charge is 2.27. The van der Waals surface area contributed by atoms with E-state index in [-0.39, 0.29) is 10.6 Å². The highest BCUT2D eigenvalue weighted by atomic mass is 32.2. The largest absolute Gasteiger partial charge is 0.506 e. The van der Waals surface area contributed by atoms with Gasteiger partial charge >= 0.3 is 0 Å². The summed E-state index contributed by atoms with van der Waals surface area (Å²) in [5.74, 6) is 1.02. The Bertz CT molecular complexity index is 1020. The van der Waals surface area contributed by atoms with Crippen molar-refractivity contribution in [3.8, 4) is 5.75 Å². The number of nitrogens with zero attached hydrogens (tertiary/aromatic N) is 1. The summed E-state index contributed by atoms with van der Waals surface area (Å²) in [6.45, 7) is 19.4. The van der Waals surface area contributed by atoms with E-state index in [0.29, 0.717) is 42.8 Å². The molecule has 32 heavy (non-hydrogen) atoms. The Morgan fingerprint density at radius 1 is 0.844 bits per heavy atom. The molecule has 0 spiro atoms. The molecule has 0 aliphatic heterocycles. The van der Waals surface area contributed by atoms with E-state index >= 15 is 0 Å². The van der Waals surface area contributed by atoms with Gasteiger partial charge in [-0.25, -0.2) is 8.42 Å². The predicted octanol–water partition coefficient (Wildman–Crippen LogP) is 6.69. The lowest BCUT2D eigenvalue weighted by Gasteiger charge is -2.24. The van der Waals surface area contributed by atoms with E-state index in [1.165, 1.54) is 26.6 Å². The third-order valence-corrected chi connectivity index (χ3v) is 8.34. The van der Waals surface area contributed by atoms with Gasteiger partial charge in [0.1, 0.15) is 10.6 Å². The van der Waals surface area contributed by atoms with Crippen molar-refractivity contribution >= 4 is 10.0 Å². The minimum atomic E-state index is -3.76. The van der Waals surface area contributed by atoms with Crippen molar-refractivity contribution < 1.29 is 13.5 Å². The minimum absolute atomic E-state index is 0.00666. The number of phenolic OH excluding ortho intramolecular Hbond substituents is 1. The predicted molar refractivity (Wildman–Crippen MR) is 134 cm³/mol. The molecule has 0 fully saturated rings. The Kier molecular flexibility index (Phi) is 8.57. The quantitative estimate of drug-likeness (QED) is 0.454. The molecular formula is C27H41NO3S. The molecule has 5 heteroatoms. The SMILES string of the molecule is CCN(CC)S(=O)(=O)c1cc(Cc2c(C(C)C)cc(C(C)C)cc2C(C)C)cc(C)c1O. The van der Waals surface area contributed by atoms with Gasteiger partial charge in [-0.2, -0.15) is 4.31 Å². The standard InChI is InChI=1S/C27H41NO3S/c1-10-28(11-2)32(30,31)26-14-21(12-20(9)27(26)29)13-25-23(18(5)6)15-22(17(3)4)16-24(25)19(7)8/h12,14-19,29H,10-11,13H2,1-9H3. The van der Waals surface area contributed by atoms with Crippen molar-refractivity contribution in [3.63, 3.8) is 0 Å². The maximum Gasteiger partial charge on any atom is 0.246 e. The summed E-state index contributed by atoms with van der Waals surface area (Å²) in [4.78, 5) is 0.00666. The third-order valence-electron chi connectivity index (χ3n) is 6.28. The molecule has 178 valence electrons. The fraction of sp³-hybridized carbons (Fsp3) is 0.556. The zero-order chi connectivity index (χ0) is 24.4. The van der Waals surface area contributed by atoms with Crippen LogP contribution in [0.15, 0.2) is 29.2 Å². The average molecular weight is 460 g/mol. The zero-order valence-corrected chi connectivity index (χ0v) is 22.1. The normalized spacial score (nSPS) is 12.5. The first-order chi connectivity index (χ1) is 14.8. The Hall–Kier alpha value is -1.85. The topological polar surface area (TPSA) is 57.6 Å². The van der Waals surface area contributed by atoms with Gasteiger partial charge in [0.05, 0.1) is 0 Å². The van der Waals surface area contributed by atoms with Crippen LogP contribution in [0.3, 0.4) is 0 Å². The van der Waals surface area contributed by atoms with Gasteiger partial charge in [0, 0.05) is 13.1 Å². The highest BCUT2D eigenvalue weighted by molar-refractivity contribution is 7.89. The van der Waals surface area contributed by atoms with Gasteiger partial charge in [0.2, 0.25) is 10.0 Å². The molecule has 2 aromatic rings. The number of sulfonamides is 1. The van der Waals surface area contributed by atoms with Crippen molar-refractivity contribution in [2.24, 2.45) is 0 Å². The van der Waals surface area contributed by atoms with Crippen molar-refractivity contribution in [2.75, 3.05) is 13.1 Å². The zero-order valence-electron chi connectivity index (χ0n) is 21.3. The Balaban J connectivity index is 2.71. The van der Waals surface area contributed by atoms with Gasteiger partial charge < -0.3 is 5.11 Å². The second-order valence-electron chi connectivity index (χ2n) is 9.67. The maximum atomic E-state index is 13.2. The fourth-order valence-electron chi connectivity index (χ4n) is 4.33. The van der Waals surface area contributed by atoms with Crippen LogP contribution in [0.5, 0.6) is 5.75 Å². The number of aromatic hydroxyl groups is 1. The summed E-state index contributed by atoms with van der Waals surface area (Å²) in [5, 5.41) is 10.6. The molecule has 2 aromatic carbocycles. The molecule has 0 saturated carbocycles. The summed E-state index contributed by atoms with van der Waals surface area (Å²) < 4.78 is 27.8. The summed E-state index contributed by atoms with van der Waals surface area (Å²) in [6, 6.07) is 8.22. The molecule has 0 heterocycles. The Labute approximate surface area is 195 Å². The first kappa shape index (κ1) is 26.4. The number of hydrogen-bond donors (Lipinski definition) is 1. The van der Waals surface area contributed by atoms with Gasteiger partial charge in [0.15, 0.2) is 0 Å². The summed E-state index contributed by atoms with van der Waals surface area (Å²) in [6.07, 6.45) is 0.640. The molecule has 2 rings (SSSR count). The first-order valence-corrected chi connectivity index (χ1v) is 13.3. The van der Waals surface area contributed by atoms with Crippen molar-refractivity contribution in [1.82, 2.24) is 4.31 Å². The molecule has 0 aliphatic rings.